The molecule has 1 atom stereocenters. The van der Waals surface area contributed by atoms with Gasteiger partial charge in [-0.3, -0.25) is 4.79 Å². The second-order valence-corrected chi connectivity index (χ2v) is 8.17. The van der Waals surface area contributed by atoms with E-state index in [-0.39, 0.29) is 29.5 Å². The van der Waals surface area contributed by atoms with Gasteiger partial charge in [-0.2, -0.15) is 26.3 Å². The van der Waals surface area contributed by atoms with Crippen molar-refractivity contribution in [3.05, 3.63) is 75.4 Å². The van der Waals surface area contributed by atoms with E-state index in [0.29, 0.717) is 29.8 Å². The Kier molecular flexibility index (Phi) is 7.91. The molecule has 0 saturated carbocycles. The van der Waals surface area contributed by atoms with Crippen molar-refractivity contribution in [2.75, 3.05) is 18.4 Å². The number of aromatic amines is 1. The maximum absolute atomic E-state index is 13.1. The summed E-state index contributed by atoms with van der Waals surface area (Å²) in [5.41, 5.74) is -2.19. The maximum atomic E-state index is 13.1. The van der Waals surface area contributed by atoms with E-state index >= 15 is 0 Å². The van der Waals surface area contributed by atoms with Crippen LogP contribution in [-0.4, -0.2) is 18.1 Å². The number of hydrogen-bond donors (Lipinski definition) is 3. The number of benzene rings is 2. The molecule has 3 rings (SSSR count). The summed E-state index contributed by atoms with van der Waals surface area (Å²) in [4.78, 5) is 15.4. The smallest absolute Gasteiger partial charge is 0.371 e. The molecule has 184 valence electrons. The highest BCUT2D eigenvalue weighted by Crippen LogP contribution is 2.36. The predicted molar refractivity (Wildman–Crippen MR) is 120 cm³/mol. The van der Waals surface area contributed by atoms with Crippen LogP contribution in [0.3, 0.4) is 0 Å². The first-order chi connectivity index (χ1) is 16.0. The van der Waals surface area contributed by atoms with Crippen LogP contribution in [0.15, 0.2) is 53.3 Å². The molecule has 0 bridgehead atoms. The molecular formula is C24H25F6N3O. The largest absolute Gasteiger partial charge is 0.416 e. The molecule has 0 aliphatic rings. The summed E-state index contributed by atoms with van der Waals surface area (Å²) in [6, 6.07) is 10.1. The number of hydrogen-bond acceptors (Lipinski definition) is 3. The van der Waals surface area contributed by atoms with Crippen molar-refractivity contribution in [3.8, 4) is 0 Å². The molecule has 3 aromatic rings. The van der Waals surface area contributed by atoms with Gasteiger partial charge in [-0.25, -0.2) is 0 Å². The maximum Gasteiger partial charge on any atom is 0.416 e. The quantitative estimate of drug-likeness (QED) is 0.317. The van der Waals surface area contributed by atoms with Crippen molar-refractivity contribution >= 4 is 16.7 Å². The van der Waals surface area contributed by atoms with Crippen LogP contribution in [0.5, 0.6) is 0 Å². The number of halogens is 6. The van der Waals surface area contributed by atoms with E-state index < -0.39 is 23.5 Å². The van der Waals surface area contributed by atoms with Crippen molar-refractivity contribution < 1.29 is 26.3 Å². The van der Waals surface area contributed by atoms with E-state index in [1.165, 1.54) is 6.07 Å². The van der Waals surface area contributed by atoms with Gasteiger partial charge >= 0.3 is 12.4 Å². The number of aromatic nitrogens is 1. The number of alkyl halides is 6. The Hall–Kier alpha value is -3.01. The summed E-state index contributed by atoms with van der Waals surface area (Å²) in [6.45, 7) is 2.68. The lowest BCUT2D eigenvalue weighted by Crippen LogP contribution is -2.28. The van der Waals surface area contributed by atoms with Crippen LogP contribution in [0, 0.1) is 5.92 Å². The van der Waals surface area contributed by atoms with E-state index in [1.54, 1.807) is 18.2 Å². The topological polar surface area (TPSA) is 56.9 Å². The number of fused-ring (bicyclic) bond motifs is 1. The third-order valence-electron chi connectivity index (χ3n) is 5.42. The van der Waals surface area contributed by atoms with Crippen molar-refractivity contribution in [1.29, 1.82) is 0 Å². The predicted octanol–water partition coefficient (Wildman–Crippen LogP) is 6.18. The Morgan fingerprint density at radius 1 is 0.912 bits per heavy atom. The van der Waals surface area contributed by atoms with Gasteiger partial charge in [0.05, 0.1) is 16.6 Å². The van der Waals surface area contributed by atoms with E-state index in [2.05, 4.69) is 15.6 Å². The van der Waals surface area contributed by atoms with Crippen molar-refractivity contribution in [2.24, 2.45) is 5.92 Å². The molecule has 4 nitrogen and oxygen atoms in total. The molecular weight excluding hydrogens is 460 g/mol. The van der Waals surface area contributed by atoms with Crippen LogP contribution >= 0.6 is 0 Å². The normalized spacial score (nSPS) is 13.3. The minimum absolute atomic E-state index is 0.0351. The van der Waals surface area contributed by atoms with Crippen molar-refractivity contribution in [1.82, 2.24) is 10.3 Å². The number of nitrogens with one attached hydrogen (secondary N) is 3. The number of pyridine rings is 1. The van der Waals surface area contributed by atoms with Gasteiger partial charge < -0.3 is 15.6 Å². The molecule has 0 saturated heterocycles. The highest BCUT2D eigenvalue weighted by Gasteiger charge is 2.36. The standard InChI is InChI=1S/C24H25F6N3O/c1-2-5-15(14-32-22-11-21(34)19-6-3-4-7-20(19)33-22)12-31-13-16-8-17(23(25,26)27)10-18(9-16)24(28,29)30/h3-4,6-11,15,31H,2,5,12-14H2,1H3,(H2,32,33,34). The zero-order valence-corrected chi connectivity index (χ0v) is 18.4. The van der Waals surface area contributed by atoms with Gasteiger partial charge in [-0.05, 0) is 54.8 Å². The first-order valence-corrected chi connectivity index (χ1v) is 10.8. The van der Waals surface area contributed by atoms with Crippen LogP contribution < -0.4 is 16.1 Å². The summed E-state index contributed by atoms with van der Waals surface area (Å²) < 4.78 is 78.3. The van der Waals surface area contributed by atoms with Crippen LogP contribution in [-0.2, 0) is 18.9 Å². The summed E-state index contributed by atoms with van der Waals surface area (Å²) in [5, 5.41) is 6.72. The Morgan fingerprint density at radius 2 is 1.56 bits per heavy atom. The lowest BCUT2D eigenvalue weighted by atomic mass is 10.0. The number of anilines is 1. The molecule has 1 aromatic heterocycles. The third-order valence-corrected chi connectivity index (χ3v) is 5.42. The molecule has 3 N–H and O–H groups in total. The monoisotopic (exact) mass is 485 g/mol. The van der Waals surface area contributed by atoms with Crippen LogP contribution in [0.1, 0.15) is 36.5 Å². The molecule has 0 aliphatic carbocycles. The highest BCUT2D eigenvalue weighted by molar-refractivity contribution is 5.79. The SMILES string of the molecule is CCCC(CNCc1cc(C(F)(F)F)cc(C(F)(F)F)c1)CNc1cc(=O)c2ccccc2[nH]1. The molecule has 0 spiro atoms. The van der Waals surface area contributed by atoms with Crippen LogP contribution in [0.4, 0.5) is 32.2 Å². The molecule has 0 fully saturated rings. The summed E-state index contributed by atoms with van der Waals surface area (Å²) in [5.74, 6) is 0.574. The molecule has 0 amide bonds. The number of rotatable bonds is 9. The molecule has 2 aromatic carbocycles. The fraction of sp³-hybridized carbons (Fsp3) is 0.375. The van der Waals surface area contributed by atoms with Gasteiger partial charge in [0.2, 0.25) is 0 Å². The van der Waals surface area contributed by atoms with E-state index in [1.807, 2.05) is 13.0 Å². The molecule has 1 unspecified atom stereocenters. The number of H-pyrrole nitrogens is 1. The van der Waals surface area contributed by atoms with E-state index in [4.69, 9.17) is 0 Å². The molecule has 10 heteroatoms. The fourth-order valence-corrected chi connectivity index (χ4v) is 3.77. The van der Waals surface area contributed by atoms with E-state index in [9.17, 15) is 31.1 Å². The first-order valence-electron chi connectivity index (χ1n) is 10.8. The first kappa shape index (κ1) is 25.6. The Labute approximate surface area is 192 Å². The zero-order valence-electron chi connectivity index (χ0n) is 18.4. The van der Waals surface area contributed by atoms with Gasteiger partial charge in [0, 0.05) is 24.5 Å². The second-order valence-electron chi connectivity index (χ2n) is 8.17. The van der Waals surface area contributed by atoms with Crippen molar-refractivity contribution in [3.63, 3.8) is 0 Å². The average Bonchev–Trinajstić information content (AvgIpc) is 2.76. The average molecular weight is 485 g/mol. The molecule has 0 aliphatic heterocycles. The van der Waals surface area contributed by atoms with Crippen LogP contribution in [0.2, 0.25) is 0 Å². The third kappa shape index (κ3) is 6.75. The minimum atomic E-state index is -4.87. The molecule has 34 heavy (non-hydrogen) atoms. The molecule has 0 radical (unpaired) electrons. The van der Waals surface area contributed by atoms with Gasteiger partial charge in [-0.15, -0.1) is 0 Å². The molecule has 1 heterocycles. The van der Waals surface area contributed by atoms with E-state index in [0.717, 1.165) is 25.0 Å². The van der Waals surface area contributed by atoms with Crippen molar-refractivity contribution in [2.45, 2.75) is 38.7 Å². The van der Waals surface area contributed by atoms with Gasteiger partial charge in [0.25, 0.3) is 0 Å². The lowest BCUT2D eigenvalue weighted by Gasteiger charge is -2.19. The lowest BCUT2D eigenvalue weighted by molar-refractivity contribution is -0.143. The highest BCUT2D eigenvalue weighted by atomic mass is 19.4. The summed E-state index contributed by atoms with van der Waals surface area (Å²) in [6.07, 6.45) is -8.14. The Morgan fingerprint density at radius 3 is 2.18 bits per heavy atom. The summed E-state index contributed by atoms with van der Waals surface area (Å²) in [7, 11) is 0. The van der Waals surface area contributed by atoms with Gasteiger partial charge in [0.1, 0.15) is 5.82 Å². The van der Waals surface area contributed by atoms with Gasteiger partial charge in [-0.1, -0.05) is 25.5 Å². The Bertz CT molecular complexity index is 1140. The van der Waals surface area contributed by atoms with Crippen LogP contribution in [0.25, 0.3) is 10.9 Å². The fourth-order valence-electron chi connectivity index (χ4n) is 3.77. The zero-order chi connectivity index (χ0) is 24.9. The Balaban J connectivity index is 1.65. The number of para-hydroxylation sites is 1. The van der Waals surface area contributed by atoms with Gasteiger partial charge in [0.15, 0.2) is 5.43 Å². The second kappa shape index (κ2) is 10.5. The summed E-state index contributed by atoms with van der Waals surface area (Å²) >= 11 is 0. The minimum Gasteiger partial charge on any atom is -0.371 e.